The molecule has 0 heterocycles. The van der Waals surface area contributed by atoms with E-state index >= 15 is 0 Å². The zero-order valence-electron chi connectivity index (χ0n) is 12.7. The first-order chi connectivity index (χ1) is 11.4. The van der Waals surface area contributed by atoms with Crippen LogP contribution in [0, 0.1) is 17.0 Å². The number of benzene rings is 2. The van der Waals surface area contributed by atoms with Crippen molar-refractivity contribution < 1.29 is 9.72 Å². The number of nitrogens with one attached hydrogen (secondary N) is 1. The van der Waals surface area contributed by atoms with Gasteiger partial charge in [-0.25, -0.2) is 0 Å². The normalized spacial score (nSPS) is 10.5. The van der Waals surface area contributed by atoms with E-state index in [2.05, 4.69) is 5.32 Å². The Morgan fingerprint density at radius 1 is 1.29 bits per heavy atom. The summed E-state index contributed by atoms with van der Waals surface area (Å²) in [5, 5.41) is 14.7. The van der Waals surface area contributed by atoms with Crippen molar-refractivity contribution in [1.82, 2.24) is 0 Å². The van der Waals surface area contributed by atoms with E-state index in [0.717, 1.165) is 5.56 Å². The first-order valence-corrected chi connectivity index (χ1v) is 8.85. The zero-order chi connectivity index (χ0) is 17.7. The zero-order valence-corrected chi connectivity index (χ0v) is 15.0. The van der Waals surface area contributed by atoms with E-state index in [-0.39, 0.29) is 17.3 Å². The van der Waals surface area contributed by atoms with Crippen LogP contribution in [0.25, 0.3) is 0 Å². The van der Waals surface area contributed by atoms with Crippen molar-refractivity contribution in [3.8, 4) is 0 Å². The molecular weight excluding hydrogens is 371 g/mol. The summed E-state index contributed by atoms with van der Waals surface area (Å²) in [6.07, 6.45) is 0. The van der Waals surface area contributed by atoms with Crippen molar-refractivity contribution in [3.63, 3.8) is 0 Å². The Kier molecular flexibility index (Phi) is 6.48. The fraction of sp³-hybridized carbons (Fsp3) is 0.188. The van der Waals surface area contributed by atoms with Crippen molar-refractivity contribution >= 4 is 52.2 Å². The molecule has 5 nitrogen and oxygen atoms in total. The highest BCUT2D eigenvalue weighted by Crippen LogP contribution is 2.26. The van der Waals surface area contributed by atoms with E-state index in [4.69, 9.17) is 23.2 Å². The predicted octanol–water partition coefficient (Wildman–Crippen LogP) is 5.08. The van der Waals surface area contributed by atoms with Gasteiger partial charge in [0.05, 0.1) is 21.9 Å². The van der Waals surface area contributed by atoms with Crippen molar-refractivity contribution in [3.05, 3.63) is 67.7 Å². The van der Waals surface area contributed by atoms with E-state index in [1.165, 1.54) is 17.8 Å². The molecule has 0 fully saturated rings. The molecule has 1 amide bonds. The van der Waals surface area contributed by atoms with Gasteiger partial charge in [-0.3, -0.25) is 14.9 Å². The van der Waals surface area contributed by atoms with Crippen molar-refractivity contribution in [2.75, 3.05) is 11.1 Å². The molecule has 0 saturated carbocycles. The van der Waals surface area contributed by atoms with Crippen LogP contribution in [0.1, 0.15) is 11.1 Å². The Balaban J connectivity index is 1.92. The summed E-state index contributed by atoms with van der Waals surface area (Å²) in [5.74, 6) is 0.548. The largest absolute Gasteiger partial charge is 0.325 e. The number of nitrogens with zero attached hydrogens (tertiary/aromatic N) is 1. The van der Waals surface area contributed by atoms with Crippen molar-refractivity contribution in [2.45, 2.75) is 12.7 Å². The molecule has 0 radical (unpaired) electrons. The van der Waals surface area contributed by atoms with Crippen LogP contribution in [0.4, 0.5) is 11.4 Å². The molecule has 0 aromatic heterocycles. The molecule has 0 aliphatic rings. The number of carbonyl (C=O) groups is 1. The van der Waals surface area contributed by atoms with Crippen molar-refractivity contribution in [2.24, 2.45) is 0 Å². The summed E-state index contributed by atoms with van der Waals surface area (Å²) in [6.45, 7) is 1.61. The molecule has 0 aliphatic carbocycles. The SMILES string of the molecule is Cc1c(NC(=O)CSCc2ccc(Cl)cc2Cl)cccc1[N+](=O)[O-]. The molecule has 0 bridgehead atoms. The van der Waals surface area contributed by atoms with E-state index in [1.54, 1.807) is 31.2 Å². The Bertz CT molecular complexity index is 784. The van der Waals surface area contributed by atoms with Crippen LogP contribution in [-0.2, 0) is 10.5 Å². The molecule has 2 rings (SSSR count). The minimum absolute atomic E-state index is 0.0200. The molecule has 0 saturated heterocycles. The first kappa shape index (κ1) is 18.6. The second-order valence-corrected chi connectivity index (χ2v) is 6.81. The lowest BCUT2D eigenvalue weighted by Gasteiger charge is -2.09. The summed E-state index contributed by atoms with van der Waals surface area (Å²) in [5.41, 5.74) is 1.75. The molecule has 0 atom stereocenters. The number of hydrogen-bond donors (Lipinski definition) is 1. The molecule has 126 valence electrons. The minimum Gasteiger partial charge on any atom is -0.325 e. The lowest BCUT2D eigenvalue weighted by molar-refractivity contribution is -0.385. The summed E-state index contributed by atoms with van der Waals surface area (Å²) in [4.78, 5) is 22.5. The Labute approximate surface area is 153 Å². The topological polar surface area (TPSA) is 72.2 Å². The molecule has 1 N–H and O–H groups in total. The highest BCUT2D eigenvalue weighted by molar-refractivity contribution is 7.99. The third-order valence-corrected chi connectivity index (χ3v) is 4.85. The second kappa shape index (κ2) is 8.37. The van der Waals surface area contributed by atoms with E-state index in [9.17, 15) is 14.9 Å². The molecule has 0 aliphatic heterocycles. The average Bonchev–Trinajstić information content (AvgIpc) is 2.51. The van der Waals surface area contributed by atoms with E-state index < -0.39 is 4.92 Å². The lowest BCUT2D eigenvalue weighted by Crippen LogP contribution is -2.15. The Morgan fingerprint density at radius 2 is 2.04 bits per heavy atom. The number of amides is 1. The van der Waals surface area contributed by atoms with Crippen LogP contribution in [0.2, 0.25) is 10.0 Å². The van der Waals surface area contributed by atoms with Gasteiger partial charge in [-0.1, -0.05) is 35.3 Å². The third kappa shape index (κ3) is 4.87. The summed E-state index contributed by atoms with van der Waals surface area (Å²) in [6, 6.07) is 9.81. The molecule has 8 heteroatoms. The molecule has 24 heavy (non-hydrogen) atoms. The van der Waals surface area contributed by atoms with Crippen LogP contribution < -0.4 is 5.32 Å². The number of nitro benzene ring substituents is 1. The maximum Gasteiger partial charge on any atom is 0.274 e. The lowest BCUT2D eigenvalue weighted by atomic mass is 10.1. The van der Waals surface area contributed by atoms with Crippen LogP contribution in [0.3, 0.4) is 0 Å². The van der Waals surface area contributed by atoms with Gasteiger partial charge in [0.1, 0.15) is 0 Å². The molecule has 2 aromatic rings. The van der Waals surface area contributed by atoms with Gasteiger partial charge >= 0.3 is 0 Å². The minimum atomic E-state index is -0.470. The van der Waals surface area contributed by atoms with Gasteiger partial charge in [-0.05, 0) is 30.7 Å². The Morgan fingerprint density at radius 3 is 2.71 bits per heavy atom. The Hall–Kier alpha value is -1.76. The van der Waals surface area contributed by atoms with Crippen molar-refractivity contribution in [1.29, 1.82) is 0 Å². The number of carbonyl (C=O) groups excluding carboxylic acids is 1. The number of nitro groups is 1. The monoisotopic (exact) mass is 384 g/mol. The number of rotatable bonds is 6. The average molecular weight is 385 g/mol. The molecule has 0 unspecified atom stereocenters. The highest BCUT2D eigenvalue weighted by Gasteiger charge is 2.14. The van der Waals surface area contributed by atoms with Gasteiger partial charge in [-0.2, -0.15) is 0 Å². The van der Waals surface area contributed by atoms with Crippen LogP contribution in [0.15, 0.2) is 36.4 Å². The van der Waals surface area contributed by atoms with Gasteiger partial charge in [-0.15, -0.1) is 11.8 Å². The second-order valence-electron chi connectivity index (χ2n) is 4.98. The van der Waals surface area contributed by atoms with Crippen LogP contribution in [-0.4, -0.2) is 16.6 Å². The van der Waals surface area contributed by atoms with Crippen LogP contribution in [0.5, 0.6) is 0 Å². The van der Waals surface area contributed by atoms with Gasteiger partial charge in [0, 0.05) is 21.9 Å². The standard InChI is InChI=1S/C16H14Cl2N2O3S/c1-10-14(3-2-4-15(10)20(22)23)19-16(21)9-24-8-11-5-6-12(17)7-13(11)18/h2-7H,8-9H2,1H3,(H,19,21). The number of halogens is 2. The van der Waals surface area contributed by atoms with Gasteiger partial charge in [0.2, 0.25) is 5.91 Å². The molecule has 0 spiro atoms. The molecular formula is C16H14Cl2N2O3S. The van der Waals surface area contributed by atoms with Gasteiger partial charge in [0.25, 0.3) is 5.69 Å². The predicted molar refractivity (Wildman–Crippen MR) is 99.1 cm³/mol. The van der Waals surface area contributed by atoms with E-state index in [0.29, 0.717) is 27.0 Å². The van der Waals surface area contributed by atoms with Gasteiger partial charge < -0.3 is 5.32 Å². The first-order valence-electron chi connectivity index (χ1n) is 6.94. The van der Waals surface area contributed by atoms with E-state index in [1.807, 2.05) is 6.07 Å². The fourth-order valence-electron chi connectivity index (χ4n) is 2.04. The maximum atomic E-state index is 12.0. The number of hydrogen-bond acceptors (Lipinski definition) is 4. The number of thioether (sulfide) groups is 1. The summed E-state index contributed by atoms with van der Waals surface area (Å²) < 4.78 is 0. The quantitative estimate of drug-likeness (QED) is 0.556. The summed E-state index contributed by atoms with van der Waals surface area (Å²) >= 11 is 13.3. The van der Waals surface area contributed by atoms with Crippen LogP contribution >= 0.6 is 35.0 Å². The highest BCUT2D eigenvalue weighted by atomic mass is 35.5. The number of anilines is 1. The third-order valence-electron chi connectivity index (χ3n) is 3.28. The fourth-order valence-corrected chi connectivity index (χ4v) is 3.42. The molecule has 2 aromatic carbocycles. The maximum absolute atomic E-state index is 12.0. The summed E-state index contributed by atoms with van der Waals surface area (Å²) in [7, 11) is 0. The smallest absolute Gasteiger partial charge is 0.274 e. The van der Waals surface area contributed by atoms with Gasteiger partial charge in [0.15, 0.2) is 0 Å².